The summed E-state index contributed by atoms with van der Waals surface area (Å²) < 4.78 is 43.7. The number of benzene rings is 2. The molecule has 0 bridgehead atoms. The summed E-state index contributed by atoms with van der Waals surface area (Å²) in [5, 5.41) is 15.1. The highest BCUT2D eigenvalue weighted by atomic mass is 32.1. The summed E-state index contributed by atoms with van der Waals surface area (Å²) in [7, 11) is 1.76. The van der Waals surface area contributed by atoms with E-state index in [2.05, 4.69) is 25.3 Å². The number of amides is 2. The maximum absolute atomic E-state index is 12.6. The Morgan fingerprint density at radius 3 is 2.65 bits per heavy atom. The van der Waals surface area contributed by atoms with Crippen LogP contribution in [0.1, 0.15) is 17.3 Å². The normalized spacial score (nSPS) is 11.6. The van der Waals surface area contributed by atoms with Crippen molar-refractivity contribution >= 4 is 55.5 Å². The van der Waals surface area contributed by atoms with Gasteiger partial charge in [0.1, 0.15) is 5.75 Å². The molecule has 0 saturated carbocycles. The number of nitrogens with zero attached hydrogens (tertiary/aromatic N) is 4. The SMILES string of the molecule is CCN(CCO)C(=O)CNC(=O)c1ccc2c(c1)nc(Nc1nc3ccc(OC(F)(F)F)cc3s1)n2C. The molecular formula is C23H23F3N6O4S. The second-order valence-electron chi connectivity index (χ2n) is 7.90. The minimum absolute atomic E-state index is 0.162. The quantitative estimate of drug-likeness (QED) is 0.300. The van der Waals surface area contributed by atoms with Crippen LogP contribution in [-0.2, 0) is 11.8 Å². The molecule has 196 valence electrons. The van der Waals surface area contributed by atoms with Crippen molar-refractivity contribution in [3.63, 3.8) is 0 Å². The first-order chi connectivity index (χ1) is 17.6. The zero-order valence-electron chi connectivity index (χ0n) is 19.8. The summed E-state index contributed by atoms with van der Waals surface area (Å²) >= 11 is 1.14. The van der Waals surface area contributed by atoms with Gasteiger partial charge in [0.25, 0.3) is 5.91 Å². The van der Waals surface area contributed by atoms with E-state index < -0.39 is 12.3 Å². The molecule has 2 aromatic carbocycles. The number of aliphatic hydroxyl groups is 1. The molecule has 0 spiro atoms. The van der Waals surface area contributed by atoms with Gasteiger partial charge < -0.3 is 29.9 Å². The lowest BCUT2D eigenvalue weighted by Gasteiger charge is -2.19. The number of nitrogens with one attached hydrogen (secondary N) is 2. The van der Waals surface area contributed by atoms with E-state index in [4.69, 9.17) is 5.11 Å². The lowest BCUT2D eigenvalue weighted by Crippen LogP contribution is -2.41. The largest absolute Gasteiger partial charge is 0.573 e. The van der Waals surface area contributed by atoms with Crippen LogP contribution in [0.2, 0.25) is 0 Å². The highest BCUT2D eigenvalue weighted by molar-refractivity contribution is 7.22. The third-order valence-electron chi connectivity index (χ3n) is 5.46. The number of aliphatic hydroxyl groups excluding tert-OH is 1. The molecule has 0 unspecified atom stereocenters. The summed E-state index contributed by atoms with van der Waals surface area (Å²) in [6.07, 6.45) is -4.78. The molecule has 0 aliphatic rings. The van der Waals surface area contributed by atoms with Crippen molar-refractivity contribution in [1.82, 2.24) is 24.8 Å². The molecule has 3 N–H and O–H groups in total. The van der Waals surface area contributed by atoms with Crippen molar-refractivity contribution in [2.24, 2.45) is 7.05 Å². The van der Waals surface area contributed by atoms with Gasteiger partial charge in [0.15, 0.2) is 5.13 Å². The fraction of sp³-hybridized carbons (Fsp3) is 0.304. The van der Waals surface area contributed by atoms with Gasteiger partial charge in [-0.1, -0.05) is 11.3 Å². The molecule has 10 nitrogen and oxygen atoms in total. The van der Waals surface area contributed by atoms with Gasteiger partial charge in [0.05, 0.1) is 34.4 Å². The van der Waals surface area contributed by atoms with Gasteiger partial charge in [0.2, 0.25) is 11.9 Å². The number of alkyl halides is 3. The standard InChI is InChI=1S/C23H23F3N6O4S/c1-3-32(8-9-33)19(34)12-27-20(35)13-4-7-17-16(10-13)28-21(31(17)2)30-22-29-15-6-5-14(11-18(15)37-22)36-23(24,25)26/h4-7,10-11,33H,3,8-9,12H2,1-2H3,(H,27,35)(H,28,29,30). The number of aromatic nitrogens is 3. The van der Waals surface area contributed by atoms with E-state index in [0.29, 0.717) is 38.9 Å². The van der Waals surface area contributed by atoms with Crippen molar-refractivity contribution in [1.29, 1.82) is 0 Å². The van der Waals surface area contributed by atoms with Crippen molar-refractivity contribution in [2.45, 2.75) is 13.3 Å². The molecule has 37 heavy (non-hydrogen) atoms. The number of aryl methyl sites for hydroxylation is 1. The number of carbonyl (C=O) groups excluding carboxylic acids is 2. The van der Waals surface area contributed by atoms with Crippen LogP contribution in [0.3, 0.4) is 0 Å². The molecule has 4 rings (SSSR count). The summed E-state index contributed by atoms with van der Waals surface area (Å²) in [6.45, 7) is 2.03. The molecule has 0 radical (unpaired) electrons. The predicted octanol–water partition coefficient (Wildman–Crippen LogP) is 3.40. The molecule has 0 atom stereocenters. The fourth-order valence-corrected chi connectivity index (χ4v) is 4.54. The highest BCUT2D eigenvalue weighted by Gasteiger charge is 2.31. The monoisotopic (exact) mass is 536 g/mol. The van der Waals surface area contributed by atoms with Crippen LogP contribution in [0.4, 0.5) is 24.3 Å². The number of hydrogen-bond donors (Lipinski definition) is 3. The number of rotatable bonds is 9. The Kier molecular flexibility index (Phi) is 7.50. The lowest BCUT2D eigenvalue weighted by molar-refractivity contribution is -0.274. The summed E-state index contributed by atoms with van der Waals surface area (Å²) in [5.41, 5.74) is 2.04. The maximum Gasteiger partial charge on any atom is 0.573 e. The second kappa shape index (κ2) is 10.6. The topological polar surface area (TPSA) is 122 Å². The molecule has 0 aliphatic carbocycles. The van der Waals surface area contributed by atoms with Crippen LogP contribution >= 0.6 is 11.3 Å². The Morgan fingerprint density at radius 1 is 1.16 bits per heavy atom. The number of halogens is 3. The molecule has 0 saturated heterocycles. The van der Waals surface area contributed by atoms with E-state index in [1.807, 2.05) is 0 Å². The second-order valence-corrected chi connectivity index (χ2v) is 8.93. The average Bonchev–Trinajstić information content (AvgIpc) is 3.39. The molecule has 14 heteroatoms. The van der Waals surface area contributed by atoms with E-state index in [1.54, 1.807) is 36.7 Å². The fourth-order valence-electron chi connectivity index (χ4n) is 3.65. The Bertz CT molecular complexity index is 1450. The molecular weight excluding hydrogens is 513 g/mol. The van der Waals surface area contributed by atoms with Gasteiger partial charge in [-0.05, 0) is 37.3 Å². The highest BCUT2D eigenvalue weighted by Crippen LogP contribution is 2.33. The van der Waals surface area contributed by atoms with Crippen molar-refractivity contribution in [2.75, 3.05) is 31.6 Å². The Morgan fingerprint density at radius 2 is 1.95 bits per heavy atom. The van der Waals surface area contributed by atoms with Gasteiger partial charge in [0, 0.05) is 31.8 Å². The zero-order valence-corrected chi connectivity index (χ0v) is 20.6. The van der Waals surface area contributed by atoms with Gasteiger partial charge >= 0.3 is 6.36 Å². The number of carbonyl (C=O) groups is 2. The van der Waals surface area contributed by atoms with Crippen LogP contribution in [0.25, 0.3) is 21.3 Å². The average molecular weight is 537 g/mol. The smallest absolute Gasteiger partial charge is 0.406 e. The maximum atomic E-state index is 12.6. The minimum Gasteiger partial charge on any atom is -0.406 e. The van der Waals surface area contributed by atoms with Crippen molar-refractivity contribution in [3.8, 4) is 5.75 Å². The lowest BCUT2D eigenvalue weighted by atomic mass is 10.2. The van der Waals surface area contributed by atoms with Crippen LogP contribution in [0.15, 0.2) is 36.4 Å². The first-order valence-corrected chi connectivity index (χ1v) is 12.0. The van der Waals surface area contributed by atoms with Crippen LogP contribution in [0, 0.1) is 0 Å². The van der Waals surface area contributed by atoms with E-state index in [1.165, 1.54) is 23.1 Å². The van der Waals surface area contributed by atoms with Crippen molar-refractivity contribution < 1.29 is 32.6 Å². The number of likely N-dealkylation sites (N-methyl/N-ethyl adjacent to an activating group) is 1. The predicted molar refractivity (Wildman–Crippen MR) is 132 cm³/mol. The molecule has 0 aliphatic heterocycles. The van der Waals surface area contributed by atoms with Crippen LogP contribution in [-0.4, -0.2) is 69.0 Å². The Hall–Kier alpha value is -3.91. The first kappa shape index (κ1) is 26.2. The zero-order chi connectivity index (χ0) is 26.7. The van der Waals surface area contributed by atoms with Gasteiger partial charge in [-0.3, -0.25) is 9.59 Å². The molecule has 2 heterocycles. The van der Waals surface area contributed by atoms with Gasteiger partial charge in [-0.2, -0.15) is 0 Å². The molecule has 2 amide bonds. The Balaban J connectivity index is 1.49. The molecule has 4 aromatic rings. The van der Waals surface area contributed by atoms with Gasteiger partial charge in [-0.15, -0.1) is 13.2 Å². The van der Waals surface area contributed by atoms with E-state index >= 15 is 0 Å². The number of thiazole rings is 1. The number of imidazole rings is 1. The van der Waals surface area contributed by atoms with Crippen LogP contribution < -0.4 is 15.4 Å². The number of hydrogen-bond acceptors (Lipinski definition) is 8. The third kappa shape index (κ3) is 6.09. The van der Waals surface area contributed by atoms with E-state index in [9.17, 15) is 22.8 Å². The van der Waals surface area contributed by atoms with E-state index in [-0.39, 0.29) is 31.4 Å². The summed E-state index contributed by atoms with van der Waals surface area (Å²) in [5.74, 6) is -0.667. The number of ether oxygens (including phenoxy) is 1. The summed E-state index contributed by atoms with van der Waals surface area (Å²) in [6, 6.07) is 8.81. The number of fused-ring (bicyclic) bond motifs is 2. The van der Waals surface area contributed by atoms with E-state index in [0.717, 1.165) is 16.9 Å². The number of anilines is 2. The molecule has 0 fully saturated rings. The summed E-state index contributed by atoms with van der Waals surface area (Å²) in [4.78, 5) is 35.1. The van der Waals surface area contributed by atoms with Crippen molar-refractivity contribution in [3.05, 3.63) is 42.0 Å². The van der Waals surface area contributed by atoms with Crippen LogP contribution in [0.5, 0.6) is 5.75 Å². The minimum atomic E-state index is -4.78. The first-order valence-electron chi connectivity index (χ1n) is 11.1. The molecule has 2 aromatic heterocycles. The van der Waals surface area contributed by atoms with Gasteiger partial charge in [-0.25, -0.2) is 9.97 Å². The third-order valence-corrected chi connectivity index (χ3v) is 6.39. The Labute approximate surface area is 212 Å².